The Morgan fingerprint density at radius 1 is 1.08 bits per heavy atom. The van der Waals surface area contributed by atoms with Crippen LogP contribution in [-0.2, 0) is 19.1 Å². The smallest absolute Gasteiger partial charge is 0.408 e. The molecule has 0 aliphatic rings. The second-order valence-corrected chi connectivity index (χ2v) is 10.2. The van der Waals surface area contributed by atoms with Crippen molar-refractivity contribution in [3.05, 3.63) is 71.8 Å². The standard InChI is InChI=1S/C29H38N4O6/c1-7-17-33(27(37)22(15-16-23(30)34)32-28(38)39-29(4,5)6)24(20-13-10-12-19(3)25(20)35)26(36)31-21-14-9-8-11-18(21)2/h7-14,22,24,35H,1,15-17H2,2-6H3,(H2,30,34)(H,31,36)(H,32,38). The third-order valence-electron chi connectivity index (χ3n) is 5.80. The van der Waals surface area contributed by atoms with Crippen LogP contribution in [0.25, 0.3) is 0 Å². The molecule has 210 valence electrons. The number of phenols is 1. The van der Waals surface area contributed by atoms with Crippen molar-refractivity contribution in [3.63, 3.8) is 0 Å². The number of primary amides is 1. The summed E-state index contributed by atoms with van der Waals surface area (Å²) in [6.45, 7) is 12.1. The number of hydrogen-bond acceptors (Lipinski definition) is 6. The summed E-state index contributed by atoms with van der Waals surface area (Å²) in [6, 6.07) is 9.46. The number of nitrogens with zero attached hydrogens (tertiary/aromatic N) is 1. The molecule has 5 N–H and O–H groups in total. The van der Waals surface area contributed by atoms with Gasteiger partial charge in [-0.3, -0.25) is 14.4 Å². The molecule has 0 spiro atoms. The minimum absolute atomic E-state index is 0.110. The second-order valence-electron chi connectivity index (χ2n) is 10.2. The van der Waals surface area contributed by atoms with Gasteiger partial charge in [0.15, 0.2) is 0 Å². The molecule has 2 atom stereocenters. The molecule has 39 heavy (non-hydrogen) atoms. The fourth-order valence-corrected chi connectivity index (χ4v) is 3.92. The molecule has 0 aliphatic heterocycles. The van der Waals surface area contributed by atoms with Crippen LogP contribution in [0.15, 0.2) is 55.1 Å². The third kappa shape index (κ3) is 8.87. The maximum atomic E-state index is 14.0. The van der Waals surface area contributed by atoms with Gasteiger partial charge in [-0.2, -0.15) is 0 Å². The predicted octanol–water partition coefficient (Wildman–Crippen LogP) is 3.86. The topological polar surface area (TPSA) is 151 Å². The number of aryl methyl sites for hydroxylation is 2. The summed E-state index contributed by atoms with van der Waals surface area (Å²) in [4.78, 5) is 53.1. The first-order valence-corrected chi connectivity index (χ1v) is 12.6. The molecule has 0 aliphatic carbocycles. The van der Waals surface area contributed by atoms with E-state index in [2.05, 4.69) is 17.2 Å². The monoisotopic (exact) mass is 538 g/mol. The van der Waals surface area contributed by atoms with E-state index in [4.69, 9.17) is 10.5 Å². The van der Waals surface area contributed by atoms with E-state index in [1.54, 1.807) is 58.0 Å². The lowest BCUT2D eigenvalue weighted by Crippen LogP contribution is -2.52. The average molecular weight is 539 g/mol. The van der Waals surface area contributed by atoms with Gasteiger partial charge in [0.2, 0.25) is 11.8 Å². The van der Waals surface area contributed by atoms with E-state index in [1.165, 1.54) is 11.0 Å². The first kappa shape index (κ1) is 30.9. The van der Waals surface area contributed by atoms with Crippen LogP contribution >= 0.6 is 0 Å². The number of alkyl carbamates (subject to hydrolysis) is 1. The van der Waals surface area contributed by atoms with E-state index in [9.17, 15) is 24.3 Å². The zero-order valence-corrected chi connectivity index (χ0v) is 23.1. The van der Waals surface area contributed by atoms with Gasteiger partial charge >= 0.3 is 6.09 Å². The third-order valence-corrected chi connectivity index (χ3v) is 5.80. The molecule has 2 unspecified atom stereocenters. The van der Waals surface area contributed by atoms with Crippen molar-refractivity contribution in [1.82, 2.24) is 10.2 Å². The number of nitrogens with one attached hydrogen (secondary N) is 2. The second kappa shape index (κ2) is 13.5. The lowest BCUT2D eigenvalue weighted by Gasteiger charge is -2.34. The van der Waals surface area contributed by atoms with Crippen molar-refractivity contribution in [2.24, 2.45) is 5.73 Å². The van der Waals surface area contributed by atoms with E-state index in [-0.39, 0.29) is 30.7 Å². The van der Waals surface area contributed by atoms with Crippen molar-refractivity contribution >= 4 is 29.5 Å². The zero-order chi connectivity index (χ0) is 29.3. The van der Waals surface area contributed by atoms with E-state index >= 15 is 0 Å². The normalized spacial score (nSPS) is 12.5. The first-order chi connectivity index (χ1) is 18.2. The van der Waals surface area contributed by atoms with Gasteiger partial charge in [0.05, 0.1) is 0 Å². The molecule has 0 saturated heterocycles. The SMILES string of the molecule is C=CCN(C(=O)C(CCC(N)=O)NC(=O)OC(C)(C)C)C(C(=O)Nc1ccccc1C)c1cccc(C)c1O. The van der Waals surface area contributed by atoms with Gasteiger partial charge in [0.1, 0.15) is 23.4 Å². The van der Waals surface area contributed by atoms with Gasteiger partial charge < -0.3 is 31.1 Å². The largest absolute Gasteiger partial charge is 0.507 e. The maximum Gasteiger partial charge on any atom is 0.408 e. The van der Waals surface area contributed by atoms with Gasteiger partial charge in [-0.1, -0.05) is 42.5 Å². The Hall–Kier alpha value is -4.34. The minimum atomic E-state index is -1.31. The summed E-state index contributed by atoms with van der Waals surface area (Å²) in [5.74, 6) is -2.10. The summed E-state index contributed by atoms with van der Waals surface area (Å²) < 4.78 is 5.31. The van der Waals surface area contributed by atoms with Crippen molar-refractivity contribution < 1.29 is 29.0 Å². The Morgan fingerprint density at radius 2 is 1.72 bits per heavy atom. The number of carbonyl (C=O) groups is 4. The van der Waals surface area contributed by atoms with Crippen LogP contribution in [0.4, 0.5) is 10.5 Å². The predicted molar refractivity (Wildman–Crippen MR) is 149 cm³/mol. The molecular weight excluding hydrogens is 500 g/mol. The van der Waals surface area contributed by atoms with E-state index in [1.807, 2.05) is 19.1 Å². The van der Waals surface area contributed by atoms with Crippen molar-refractivity contribution in [3.8, 4) is 5.75 Å². The number of carbonyl (C=O) groups excluding carboxylic acids is 4. The quantitative estimate of drug-likeness (QED) is 0.319. The van der Waals surface area contributed by atoms with E-state index in [0.717, 1.165) is 5.56 Å². The van der Waals surface area contributed by atoms with Crippen LogP contribution in [0.1, 0.15) is 56.3 Å². The lowest BCUT2D eigenvalue weighted by atomic mass is 9.98. The number of anilines is 1. The molecule has 0 heterocycles. The molecule has 10 heteroatoms. The van der Waals surface area contributed by atoms with Crippen LogP contribution in [0.5, 0.6) is 5.75 Å². The van der Waals surface area contributed by atoms with Crippen LogP contribution in [-0.4, -0.2) is 52.0 Å². The maximum absolute atomic E-state index is 14.0. The molecule has 2 aromatic rings. The highest BCUT2D eigenvalue weighted by atomic mass is 16.6. The molecule has 10 nitrogen and oxygen atoms in total. The molecule has 2 rings (SSSR count). The Morgan fingerprint density at radius 3 is 2.31 bits per heavy atom. The average Bonchev–Trinajstić information content (AvgIpc) is 2.83. The number of benzene rings is 2. The number of aromatic hydroxyl groups is 1. The number of hydrogen-bond donors (Lipinski definition) is 4. The Bertz CT molecular complexity index is 1220. The highest BCUT2D eigenvalue weighted by Crippen LogP contribution is 2.33. The van der Waals surface area contributed by atoms with E-state index < -0.39 is 41.5 Å². The Kier molecular flexibility index (Phi) is 10.7. The van der Waals surface area contributed by atoms with Gasteiger partial charge in [-0.25, -0.2) is 4.79 Å². The Labute approximate surface area is 229 Å². The zero-order valence-electron chi connectivity index (χ0n) is 23.1. The first-order valence-electron chi connectivity index (χ1n) is 12.6. The van der Waals surface area contributed by atoms with Gasteiger partial charge in [-0.05, 0) is 58.2 Å². The minimum Gasteiger partial charge on any atom is -0.507 e. The van der Waals surface area contributed by atoms with Gasteiger partial charge in [0, 0.05) is 24.2 Å². The highest BCUT2D eigenvalue weighted by Gasteiger charge is 2.37. The number of rotatable bonds is 11. The highest BCUT2D eigenvalue weighted by molar-refractivity contribution is 6.00. The van der Waals surface area contributed by atoms with Crippen LogP contribution in [0.2, 0.25) is 0 Å². The van der Waals surface area contributed by atoms with Crippen LogP contribution < -0.4 is 16.4 Å². The summed E-state index contributed by atoms with van der Waals surface area (Å²) in [5.41, 5.74) is 6.49. The molecule has 2 aromatic carbocycles. The van der Waals surface area contributed by atoms with Crippen LogP contribution in [0.3, 0.4) is 0 Å². The number of amides is 4. The van der Waals surface area contributed by atoms with Gasteiger partial charge in [0.25, 0.3) is 5.91 Å². The molecule has 0 bridgehead atoms. The van der Waals surface area contributed by atoms with Crippen molar-refractivity contribution in [2.45, 2.75) is 65.1 Å². The fourth-order valence-electron chi connectivity index (χ4n) is 3.92. The summed E-state index contributed by atoms with van der Waals surface area (Å²) in [7, 11) is 0. The van der Waals surface area contributed by atoms with Crippen molar-refractivity contribution in [2.75, 3.05) is 11.9 Å². The molecule has 0 saturated carbocycles. The fraction of sp³-hybridized carbons (Fsp3) is 0.379. The van der Waals surface area contributed by atoms with Gasteiger partial charge in [-0.15, -0.1) is 6.58 Å². The van der Waals surface area contributed by atoms with Crippen molar-refractivity contribution in [1.29, 1.82) is 0 Å². The number of para-hydroxylation sites is 2. The van der Waals surface area contributed by atoms with E-state index in [0.29, 0.717) is 11.3 Å². The molecule has 0 aromatic heterocycles. The molecule has 0 fully saturated rings. The molecule has 4 amide bonds. The van der Waals surface area contributed by atoms with Crippen LogP contribution in [0, 0.1) is 13.8 Å². The molecule has 0 radical (unpaired) electrons. The number of phenolic OH excluding ortho intramolecular Hbond substituents is 1. The molecular formula is C29H38N4O6. The summed E-state index contributed by atoms with van der Waals surface area (Å²) >= 11 is 0. The lowest BCUT2D eigenvalue weighted by molar-refractivity contribution is -0.140. The Balaban J connectivity index is 2.58. The summed E-state index contributed by atoms with van der Waals surface area (Å²) in [6.07, 6.45) is 0.220. The summed E-state index contributed by atoms with van der Waals surface area (Å²) in [5, 5.41) is 16.3. The number of ether oxygens (including phenoxy) is 1. The number of nitrogens with two attached hydrogens (primary N) is 1.